The molecule has 0 saturated heterocycles. The topological polar surface area (TPSA) is 115 Å². The van der Waals surface area contributed by atoms with Crippen LogP contribution in [0.25, 0.3) is 22.2 Å². The Morgan fingerprint density at radius 1 is 1.19 bits per heavy atom. The molecule has 0 saturated carbocycles. The van der Waals surface area contributed by atoms with E-state index >= 15 is 0 Å². The van der Waals surface area contributed by atoms with Gasteiger partial charge in [-0.05, 0) is 19.1 Å². The molecule has 4 aromatic rings. The van der Waals surface area contributed by atoms with Crippen LogP contribution < -0.4 is 16.7 Å². The average molecular weight is 366 g/mol. The van der Waals surface area contributed by atoms with Crippen LogP contribution in [0, 0.1) is 0 Å². The van der Waals surface area contributed by atoms with Gasteiger partial charge in [0.05, 0.1) is 17.2 Å². The number of para-hydroxylation sites is 2. The van der Waals surface area contributed by atoms with Crippen LogP contribution in [0.15, 0.2) is 39.0 Å². The zero-order chi connectivity index (χ0) is 19.1. The van der Waals surface area contributed by atoms with Gasteiger partial charge in [-0.2, -0.15) is 10.1 Å². The molecule has 0 fully saturated rings. The normalized spacial score (nSPS) is 11.8. The van der Waals surface area contributed by atoms with Gasteiger partial charge in [-0.1, -0.05) is 12.1 Å². The highest BCUT2D eigenvalue weighted by molar-refractivity contribution is 5.84. The van der Waals surface area contributed by atoms with Crippen molar-refractivity contribution in [3.05, 3.63) is 50.9 Å². The van der Waals surface area contributed by atoms with E-state index in [0.29, 0.717) is 29.5 Å². The number of hydrazone groups is 1. The van der Waals surface area contributed by atoms with Crippen LogP contribution in [0.1, 0.15) is 12.7 Å². The molecule has 0 radical (unpaired) electrons. The Bertz CT molecular complexity index is 1270. The summed E-state index contributed by atoms with van der Waals surface area (Å²) < 4.78 is 4.10. The summed E-state index contributed by atoms with van der Waals surface area (Å²) in [5.41, 5.74) is 4.44. The number of aromatic amines is 1. The Hall–Kier alpha value is -3.69. The van der Waals surface area contributed by atoms with Crippen LogP contribution in [0.5, 0.6) is 0 Å². The molecule has 0 bridgehead atoms. The summed E-state index contributed by atoms with van der Waals surface area (Å²) in [6.07, 6.45) is 1.54. The van der Waals surface area contributed by atoms with E-state index in [9.17, 15) is 9.59 Å². The Morgan fingerprint density at radius 3 is 2.70 bits per heavy atom. The van der Waals surface area contributed by atoms with Crippen LogP contribution in [0.2, 0.25) is 0 Å². The van der Waals surface area contributed by atoms with Crippen LogP contribution in [-0.4, -0.2) is 34.9 Å². The van der Waals surface area contributed by atoms with Crippen molar-refractivity contribution in [3.8, 4) is 0 Å². The number of nitrogens with one attached hydrogen (secondary N) is 2. The number of hydrogen-bond acceptors (Lipinski definition) is 6. The molecular weight excluding hydrogens is 348 g/mol. The maximum atomic E-state index is 12.5. The summed E-state index contributed by atoms with van der Waals surface area (Å²) in [6, 6.07) is 7.67. The zero-order valence-electron chi connectivity index (χ0n) is 15.1. The van der Waals surface area contributed by atoms with E-state index in [-0.39, 0.29) is 0 Å². The highest BCUT2D eigenvalue weighted by Crippen LogP contribution is 2.15. The molecule has 0 aliphatic heterocycles. The van der Waals surface area contributed by atoms with Crippen molar-refractivity contribution < 1.29 is 0 Å². The SMILES string of the molecule is CCn1c(N/N=C/c2nc3ccccc3[nH]2)nc2c1c(=O)n(C)c(=O)n2C. The van der Waals surface area contributed by atoms with Gasteiger partial charge < -0.3 is 9.55 Å². The lowest BCUT2D eigenvalue weighted by Crippen LogP contribution is -2.37. The van der Waals surface area contributed by atoms with Crippen LogP contribution in [0.4, 0.5) is 5.95 Å². The molecule has 0 atom stereocenters. The van der Waals surface area contributed by atoms with E-state index in [2.05, 4.69) is 25.5 Å². The Labute approximate surface area is 152 Å². The number of rotatable bonds is 4. The lowest BCUT2D eigenvalue weighted by molar-refractivity contribution is 0.700. The second kappa shape index (κ2) is 6.24. The van der Waals surface area contributed by atoms with E-state index in [1.165, 1.54) is 17.8 Å². The summed E-state index contributed by atoms with van der Waals surface area (Å²) in [6.45, 7) is 2.38. The van der Waals surface area contributed by atoms with Crippen LogP contribution >= 0.6 is 0 Å². The minimum Gasteiger partial charge on any atom is -0.337 e. The second-order valence-corrected chi connectivity index (χ2v) is 6.07. The highest BCUT2D eigenvalue weighted by Gasteiger charge is 2.17. The van der Waals surface area contributed by atoms with Crippen molar-refractivity contribution in [3.63, 3.8) is 0 Å². The van der Waals surface area contributed by atoms with Crippen molar-refractivity contribution in [2.24, 2.45) is 19.2 Å². The van der Waals surface area contributed by atoms with E-state index in [1.807, 2.05) is 31.2 Å². The number of aromatic nitrogens is 6. The third-order valence-corrected chi connectivity index (χ3v) is 4.42. The smallest absolute Gasteiger partial charge is 0.332 e. The van der Waals surface area contributed by atoms with Crippen molar-refractivity contribution in [2.45, 2.75) is 13.5 Å². The third-order valence-electron chi connectivity index (χ3n) is 4.42. The molecule has 27 heavy (non-hydrogen) atoms. The maximum absolute atomic E-state index is 12.5. The number of aryl methyl sites for hydroxylation is 2. The molecule has 0 spiro atoms. The fraction of sp³-hybridized carbons (Fsp3) is 0.235. The van der Waals surface area contributed by atoms with Crippen molar-refractivity contribution >= 4 is 34.4 Å². The largest absolute Gasteiger partial charge is 0.337 e. The summed E-state index contributed by atoms with van der Waals surface area (Å²) >= 11 is 0. The summed E-state index contributed by atoms with van der Waals surface area (Å²) in [5, 5.41) is 4.17. The average Bonchev–Trinajstić information content (AvgIpc) is 3.25. The van der Waals surface area contributed by atoms with Crippen molar-refractivity contribution in [1.29, 1.82) is 0 Å². The Kier molecular flexibility index (Phi) is 3.87. The summed E-state index contributed by atoms with van der Waals surface area (Å²) in [4.78, 5) is 36.5. The van der Waals surface area contributed by atoms with Gasteiger partial charge >= 0.3 is 5.69 Å². The first-order valence-corrected chi connectivity index (χ1v) is 8.41. The fourth-order valence-corrected chi connectivity index (χ4v) is 3.02. The molecule has 3 aromatic heterocycles. The number of fused-ring (bicyclic) bond motifs is 2. The number of anilines is 1. The molecule has 138 valence electrons. The lowest BCUT2D eigenvalue weighted by atomic mass is 10.3. The molecule has 10 heteroatoms. The van der Waals surface area contributed by atoms with Gasteiger partial charge in [-0.3, -0.25) is 13.9 Å². The molecule has 0 amide bonds. The fourth-order valence-electron chi connectivity index (χ4n) is 3.02. The molecule has 0 aliphatic carbocycles. The van der Waals surface area contributed by atoms with Gasteiger partial charge in [0.1, 0.15) is 0 Å². The predicted molar refractivity (Wildman–Crippen MR) is 103 cm³/mol. The standard InChI is InChI=1S/C17H18N8O2/c1-4-25-13-14(23(2)17(27)24(3)15(13)26)21-16(25)22-18-9-12-19-10-7-5-6-8-11(10)20-12/h5-9H,4H2,1-3H3,(H,19,20)(H,21,22)/b18-9+. The van der Waals surface area contributed by atoms with Gasteiger partial charge in [-0.25, -0.2) is 15.2 Å². The first-order valence-electron chi connectivity index (χ1n) is 8.41. The molecule has 1 aromatic carbocycles. The van der Waals surface area contributed by atoms with Gasteiger partial charge in [0.2, 0.25) is 5.95 Å². The van der Waals surface area contributed by atoms with Crippen LogP contribution in [0.3, 0.4) is 0 Å². The second-order valence-electron chi connectivity index (χ2n) is 6.07. The minimum absolute atomic E-state index is 0.311. The molecule has 3 heterocycles. The third kappa shape index (κ3) is 2.62. The Morgan fingerprint density at radius 2 is 1.96 bits per heavy atom. The number of hydrogen-bond donors (Lipinski definition) is 2. The molecule has 2 N–H and O–H groups in total. The zero-order valence-corrected chi connectivity index (χ0v) is 15.1. The van der Waals surface area contributed by atoms with E-state index < -0.39 is 11.2 Å². The highest BCUT2D eigenvalue weighted by atomic mass is 16.2. The van der Waals surface area contributed by atoms with Crippen LogP contribution in [-0.2, 0) is 20.6 Å². The molecule has 10 nitrogen and oxygen atoms in total. The van der Waals surface area contributed by atoms with Gasteiger partial charge in [0.25, 0.3) is 5.56 Å². The van der Waals surface area contributed by atoms with E-state index in [1.54, 1.807) is 11.6 Å². The lowest BCUT2D eigenvalue weighted by Gasteiger charge is -2.05. The molecular formula is C17H18N8O2. The number of imidazole rings is 2. The van der Waals surface area contributed by atoms with E-state index in [0.717, 1.165) is 15.6 Å². The van der Waals surface area contributed by atoms with Gasteiger partial charge in [-0.15, -0.1) is 0 Å². The molecule has 0 unspecified atom stereocenters. The summed E-state index contributed by atoms with van der Waals surface area (Å²) in [7, 11) is 3.03. The number of benzene rings is 1. The summed E-state index contributed by atoms with van der Waals surface area (Å²) in [5.74, 6) is 0.962. The van der Waals surface area contributed by atoms with Gasteiger partial charge in [0.15, 0.2) is 17.0 Å². The predicted octanol–water partition coefficient (Wildman–Crippen LogP) is 0.776. The van der Waals surface area contributed by atoms with Gasteiger partial charge in [0, 0.05) is 20.6 Å². The van der Waals surface area contributed by atoms with Crippen molar-refractivity contribution in [1.82, 2.24) is 28.7 Å². The van der Waals surface area contributed by atoms with E-state index in [4.69, 9.17) is 0 Å². The monoisotopic (exact) mass is 366 g/mol. The molecule has 0 aliphatic rings. The minimum atomic E-state index is -0.425. The number of nitrogens with zero attached hydrogens (tertiary/aromatic N) is 6. The Balaban J connectivity index is 1.73. The molecule has 4 rings (SSSR count). The maximum Gasteiger partial charge on any atom is 0.332 e. The first-order chi connectivity index (χ1) is 13.0. The quantitative estimate of drug-likeness (QED) is 0.409. The van der Waals surface area contributed by atoms with Crippen molar-refractivity contribution in [2.75, 3.05) is 5.43 Å². The first kappa shape index (κ1) is 16.8. The number of H-pyrrole nitrogens is 1.